The van der Waals surface area contributed by atoms with Gasteiger partial charge in [0.1, 0.15) is 0 Å². The van der Waals surface area contributed by atoms with E-state index in [2.05, 4.69) is 5.32 Å². The summed E-state index contributed by atoms with van der Waals surface area (Å²) in [6, 6.07) is 9.59. The first-order valence-electron chi connectivity index (χ1n) is 9.46. The molecule has 1 unspecified atom stereocenters. The number of hydrogen-bond acceptors (Lipinski definition) is 5. The number of benzene rings is 2. The van der Waals surface area contributed by atoms with E-state index in [1.165, 1.54) is 0 Å². The number of nitrogens with one attached hydrogen (secondary N) is 1. The van der Waals surface area contributed by atoms with E-state index in [0.717, 1.165) is 16.8 Å². The Balaban J connectivity index is 2.06. The quantitative estimate of drug-likeness (QED) is 0.767. The molecule has 1 amide bonds. The Morgan fingerprint density at radius 2 is 1.75 bits per heavy atom. The third-order valence-electron chi connectivity index (χ3n) is 4.63. The molecule has 0 radical (unpaired) electrons. The minimum atomic E-state index is -0.115. The molecule has 0 fully saturated rings. The molecule has 6 heteroatoms. The molecular weight excluding hydrogens is 358 g/mol. The van der Waals surface area contributed by atoms with Crippen LogP contribution in [0.4, 0.5) is 5.69 Å². The Labute approximate surface area is 165 Å². The van der Waals surface area contributed by atoms with Crippen LogP contribution in [0.1, 0.15) is 44.2 Å². The Kier molecular flexibility index (Phi) is 5.97. The van der Waals surface area contributed by atoms with Crippen LogP contribution in [-0.4, -0.2) is 32.8 Å². The van der Waals surface area contributed by atoms with Gasteiger partial charge in [-0.05, 0) is 50.1 Å². The summed E-state index contributed by atoms with van der Waals surface area (Å²) in [5, 5.41) is 2.93. The second-order valence-corrected chi connectivity index (χ2v) is 6.91. The number of carbonyl (C=O) groups excluding carboxylic acids is 1. The van der Waals surface area contributed by atoms with E-state index in [4.69, 9.17) is 18.9 Å². The standard InChI is InChI=1S/C22H27NO5/c1-6-27-21-9-14(7-8-18(21)28-13(2)3)15-11-22(24)23-17-12-20(26-5)19(25-4)10-16(15)17/h7-10,12-13,15H,6,11H2,1-5H3,(H,23,24). The van der Waals surface area contributed by atoms with Crippen molar-refractivity contribution in [1.82, 2.24) is 0 Å². The summed E-state index contributed by atoms with van der Waals surface area (Å²) in [5.41, 5.74) is 2.71. The smallest absolute Gasteiger partial charge is 0.225 e. The van der Waals surface area contributed by atoms with Gasteiger partial charge in [0.25, 0.3) is 0 Å². The van der Waals surface area contributed by atoms with Crippen LogP contribution in [-0.2, 0) is 4.79 Å². The fourth-order valence-electron chi connectivity index (χ4n) is 3.45. The van der Waals surface area contributed by atoms with Crippen LogP contribution in [0, 0.1) is 0 Å². The fraction of sp³-hybridized carbons (Fsp3) is 0.409. The van der Waals surface area contributed by atoms with E-state index in [9.17, 15) is 4.79 Å². The number of amides is 1. The van der Waals surface area contributed by atoms with E-state index in [1.54, 1.807) is 20.3 Å². The molecule has 0 spiro atoms. The van der Waals surface area contributed by atoms with Gasteiger partial charge in [0.05, 0.1) is 26.9 Å². The molecule has 150 valence electrons. The second-order valence-electron chi connectivity index (χ2n) is 6.91. The van der Waals surface area contributed by atoms with E-state index in [0.29, 0.717) is 36.0 Å². The molecule has 0 saturated heterocycles. The molecule has 3 rings (SSSR count). The van der Waals surface area contributed by atoms with E-state index in [1.807, 2.05) is 45.0 Å². The average Bonchev–Trinajstić information content (AvgIpc) is 2.67. The number of anilines is 1. The normalized spacial score (nSPS) is 15.6. The van der Waals surface area contributed by atoms with Gasteiger partial charge in [0.2, 0.25) is 5.91 Å². The summed E-state index contributed by atoms with van der Waals surface area (Å²) < 4.78 is 22.5. The third-order valence-corrected chi connectivity index (χ3v) is 4.63. The number of hydrogen-bond donors (Lipinski definition) is 1. The van der Waals surface area contributed by atoms with Crippen LogP contribution in [0.3, 0.4) is 0 Å². The van der Waals surface area contributed by atoms with Crippen molar-refractivity contribution in [3.05, 3.63) is 41.5 Å². The molecule has 2 aromatic rings. The van der Waals surface area contributed by atoms with Crippen molar-refractivity contribution in [2.45, 2.75) is 39.2 Å². The van der Waals surface area contributed by atoms with Gasteiger partial charge < -0.3 is 24.3 Å². The highest BCUT2D eigenvalue weighted by Gasteiger charge is 2.29. The Hall–Kier alpha value is -2.89. The number of carbonyl (C=O) groups is 1. The van der Waals surface area contributed by atoms with Crippen molar-refractivity contribution < 1.29 is 23.7 Å². The predicted octanol–water partition coefficient (Wildman–Crippen LogP) is 4.36. The van der Waals surface area contributed by atoms with Gasteiger partial charge in [0, 0.05) is 24.1 Å². The number of fused-ring (bicyclic) bond motifs is 1. The predicted molar refractivity (Wildman–Crippen MR) is 108 cm³/mol. The maximum Gasteiger partial charge on any atom is 0.225 e. The van der Waals surface area contributed by atoms with Crippen molar-refractivity contribution in [1.29, 1.82) is 0 Å². The first-order valence-corrected chi connectivity index (χ1v) is 9.46. The summed E-state index contributed by atoms with van der Waals surface area (Å²) in [6.07, 6.45) is 0.390. The second kappa shape index (κ2) is 8.42. The number of ether oxygens (including phenoxy) is 4. The lowest BCUT2D eigenvalue weighted by Crippen LogP contribution is -2.23. The van der Waals surface area contributed by atoms with E-state index >= 15 is 0 Å². The first kappa shape index (κ1) is 19.9. The molecule has 6 nitrogen and oxygen atoms in total. The number of methoxy groups -OCH3 is 2. The van der Waals surface area contributed by atoms with Crippen molar-refractivity contribution in [2.24, 2.45) is 0 Å². The molecule has 0 saturated carbocycles. The van der Waals surface area contributed by atoms with E-state index < -0.39 is 0 Å². The topological polar surface area (TPSA) is 66.0 Å². The van der Waals surface area contributed by atoms with Crippen LogP contribution in [0.2, 0.25) is 0 Å². The maximum atomic E-state index is 12.3. The van der Waals surface area contributed by atoms with Crippen molar-refractivity contribution in [3.63, 3.8) is 0 Å². The van der Waals surface area contributed by atoms with Crippen LogP contribution in [0.25, 0.3) is 0 Å². The van der Waals surface area contributed by atoms with Gasteiger partial charge in [-0.15, -0.1) is 0 Å². The largest absolute Gasteiger partial charge is 0.493 e. The van der Waals surface area contributed by atoms with Crippen LogP contribution >= 0.6 is 0 Å². The fourth-order valence-corrected chi connectivity index (χ4v) is 3.45. The highest BCUT2D eigenvalue weighted by Crippen LogP contribution is 2.44. The van der Waals surface area contributed by atoms with Gasteiger partial charge in [-0.2, -0.15) is 0 Å². The molecule has 1 atom stereocenters. The first-order chi connectivity index (χ1) is 13.5. The molecule has 28 heavy (non-hydrogen) atoms. The highest BCUT2D eigenvalue weighted by molar-refractivity contribution is 5.96. The average molecular weight is 385 g/mol. The molecular formula is C22H27NO5. The van der Waals surface area contributed by atoms with Crippen LogP contribution in [0.15, 0.2) is 30.3 Å². The van der Waals surface area contributed by atoms with Gasteiger partial charge in [-0.1, -0.05) is 6.07 Å². The Bertz CT molecular complexity index is 862. The zero-order valence-electron chi connectivity index (χ0n) is 17.0. The summed E-state index contributed by atoms with van der Waals surface area (Å²) in [7, 11) is 3.18. The van der Waals surface area contributed by atoms with Gasteiger partial charge in [-0.25, -0.2) is 0 Å². The van der Waals surface area contributed by atoms with Gasteiger partial charge in [-0.3, -0.25) is 4.79 Å². The molecule has 1 N–H and O–H groups in total. The van der Waals surface area contributed by atoms with Gasteiger partial charge in [0.15, 0.2) is 23.0 Å². The maximum absolute atomic E-state index is 12.3. The highest BCUT2D eigenvalue weighted by atomic mass is 16.5. The Morgan fingerprint density at radius 3 is 2.39 bits per heavy atom. The van der Waals surface area contributed by atoms with Crippen molar-refractivity contribution in [2.75, 3.05) is 26.1 Å². The molecule has 0 aliphatic carbocycles. The zero-order valence-corrected chi connectivity index (χ0v) is 17.0. The summed E-state index contributed by atoms with van der Waals surface area (Å²) >= 11 is 0. The van der Waals surface area contributed by atoms with Crippen LogP contribution in [0.5, 0.6) is 23.0 Å². The minimum Gasteiger partial charge on any atom is -0.493 e. The lowest BCUT2D eigenvalue weighted by Gasteiger charge is -2.28. The lowest BCUT2D eigenvalue weighted by atomic mass is 9.84. The van der Waals surface area contributed by atoms with E-state index in [-0.39, 0.29) is 17.9 Å². The Morgan fingerprint density at radius 1 is 1.04 bits per heavy atom. The molecule has 1 heterocycles. The summed E-state index contributed by atoms with van der Waals surface area (Å²) in [4.78, 5) is 12.3. The monoisotopic (exact) mass is 385 g/mol. The van der Waals surface area contributed by atoms with Crippen molar-refractivity contribution in [3.8, 4) is 23.0 Å². The SMILES string of the molecule is CCOc1cc(C2CC(=O)Nc3cc(OC)c(OC)cc32)ccc1OC(C)C. The molecule has 2 aromatic carbocycles. The molecule has 1 aliphatic heterocycles. The zero-order chi connectivity index (χ0) is 20.3. The number of rotatable bonds is 7. The molecule has 1 aliphatic rings. The molecule has 0 aromatic heterocycles. The minimum absolute atomic E-state index is 0.0369. The van der Waals surface area contributed by atoms with Gasteiger partial charge >= 0.3 is 0 Å². The lowest BCUT2D eigenvalue weighted by molar-refractivity contribution is -0.116. The summed E-state index contributed by atoms with van der Waals surface area (Å²) in [6.45, 7) is 6.42. The summed E-state index contributed by atoms with van der Waals surface area (Å²) in [5.74, 6) is 2.45. The van der Waals surface area contributed by atoms with Crippen molar-refractivity contribution >= 4 is 11.6 Å². The third kappa shape index (κ3) is 4.01. The van der Waals surface area contributed by atoms with Crippen LogP contribution < -0.4 is 24.3 Å². The molecule has 0 bridgehead atoms.